The van der Waals surface area contributed by atoms with Gasteiger partial charge in [-0.3, -0.25) is 11.3 Å². The van der Waals surface area contributed by atoms with Crippen molar-refractivity contribution in [1.29, 1.82) is 0 Å². The van der Waals surface area contributed by atoms with Crippen LogP contribution in [0.25, 0.3) is 0 Å². The topological polar surface area (TPSA) is 47.3 Å². The van der Waals surface area contributed by atoms with Gasteiger partial charge in [0.2, 0.25) is 0 Å². The van der Waals surface area contributed by atoms with Crippen LogP contribution < -0.4 is 16.0 Å². The zero-order chi connectivity index (χ0) is 9.68. The van der Waals surface area contributed by atoms with Gasteiger partial charge in [0.25, 0.3) is 0 Å². The molecule has 3 heteroatoms. The van der Waals surface area contributed by atoms with Crippen molar-refractivity contribution in [3.05, 3.63) is 29.3 Å². The van der Waals surface area contributed by atoms with Gasteiger partial charge in [-0.05, 0) is 25.5 Å². The Labute approximate surface area is 78.9 Å². The lowest BCUT2D eigenvalue weighted by Crippen LogP contribution is -2.27. The molecule has 0 saturated heterocycles. The maximum absolute atomic E-state index is 5.49. The second-order valence-corrected chi connectivity index (χ2v) is 3.07. The van der Waals surface area contributed by atoms with Gasteiger partial charge in [-0.1, -0.05) is 17.7 Å². The van der Waals surface area contributed by atoms with Crippen molar-refractivity contribution in [3.63, 3.8) is 0 Å². The summed E-state index contributed by atoms with van der Waals surface area (Å²) in [5, 5.41) is 0. The highest BCUT2D eigenvalue weighted by Crippen LogP contribution is 2.18. The summed E-state index contributed by atoms with van der Waals surface area (Å²) in [6.45, 7) is 5.37. The van der Waals surface area contributed by atoms with Crippen LogP contribution in [-0.2, 0) is 0 Å². The van der Waals surface area contributed by atoms with E-state index in [4.69, 9.17) is 10.6 Å². The summed E-state index contributed by atoms with van der Waals surface area (Å²) in [5.41, 5.74) is 4.96. The van der Waals surface area contributed by atoms with Crippen molar-refractivity contribution in [1.82, 2.24) is 5.43 Å². The van der Waals surface area contributed by atoms with Crippen molar-refractivity contribution < 1.29 is 4.74 Å². The lowest BCUT2D eigenvalue weighted by molar-refractivity contribution is 0.313. The van der Waals surface area contributed by atoms with E-state index in [9.17, 15) is 0 Å². The van der Waals surface area contributed by atoms with Gasteiger partial charge in [0, 0.05) is 6.54 Å². The molecule has 0 fully saturated rings. The van der Waals surface area contributed by atoms with Gasteiger partial charge >= 0.3 is 0 Å². The maximum atomic E-state index is 5.49. The molecular weight excluding hydrogens is 164 g/mol. The Hall–Kier alpha value is -1.06. The van der Waals surface area contributed by atoms with Crippen LogP contribution in [0.5, 0.6) is 5.75 Å². The van der Waals surface area contributed by atoms with Gasteiger partial charge in [-0.15, -0.1) is 0 Å². The number of hydrogen-bond donors (Lipinski definition) is 2. The second kappa shape index (κ2) is 4.84. The van der Waals surface area contributed by atoms with E-state index in [1.54, 1.807) is 0 Å². The van der Waals surface area contributed by atoms with Gasteiger partial charge in [-0.2, -0.15) is 0 Å². The molecule has 0 heterocycles. The minimum atomic E-state index is 0.598. The predicted molar refractivity (Wildman–Crippen MR) is 53.6 cm³/mol. The zero-order valence-corrected chi connectivity index (χ0v) is 8.13. The van der Waals surface area contributed by atoms with Gasteiger partial charge in [0.15, 0.2) is 0 Å². The molecule has 0 atom stereocenters. The first-order chi connectivity index (χ1) is 6.24. The standard InChI is InChI=1S/C10H16N2O/c1-8-3-4-10(9(2)7-8)13-6-5-12-11/h3-4,7,12H,5-6,11H2,1-2H3. The van der Waals surface area contributed by atoms with Crippen LogP contribution >= 0.6 is 0 Å². The number of benzene rings is 1. The highest BCUT2D eigenvalue weighted by atomic mass is 16.5. The Morgan fingerprint density at radius 2 is 2.15 bits per heavy atom. The molecule has 0 aliphatic heterocycles. The van der Waals surface area contributed by atoms with E-state index < -0.39 is 0 Å². The first-order valence-electron chi connectivity index (χ1n) is 4.37. The van der Waals surface area contributed by atoms with E-state index in [0.717, 1.165) is 11.3 Å². The van der Waals surface area contributed by atoms with Gasteiger partial charge in [-0.25, -0.2) is 0 Å². The molecule has 1 rings (SSSR count). The van der Waals surface area contributed by atoms with Gasteiger partial charge in [0.1, 0.15) is 12.4 Å². The minimum absolute atomic E-state index is 0.598. The third kappa shape index (κ3) is 3.05. The first-order valence-corrected chi connectivity index (χ1v) is 4.37. The Bertz CT molecular complexity index is 274. The normalized spacial score (nSPS) is 10.1. The molecule has 0 radical (unpaired) electrons. The zero-order valence-electron chi connectivity index (χ0n) is 8.13. The van der Waals surface area contributed by atoms with Gasteiger partial charge < -0.3 is 4.74 Å². The summed E-state index contributed by atoms with van der Waals surface area (Å²) in [7, 11) is 0. The number of aryl methyl sites for hydroxylation is 2. The Kier molecular flexibility index (Phi) is 3.73. The van der Waals surface area contributed by atoms with Crippen LogP contribution in [-0.4, -0.2) is 13.2 Å². The van der Waals surface area contributed by atoms with E-state index in [1.165, 1.54) is 5.56 Å². The molecule has 1 aromatic carbocycles. The van der Waals surface area contributed by atoms with Crippen LogP contribution in [0.1, 0.15) is 11.1 Å². The van der Waals surface area contributed by atoms with E-state index >= 15 is 0 Å². The van der Waals surface area contributed by atoms with E-state index in [-0.39, 0.29) is 0 Å². The average molecular weight is 180 g/mol. The highest BCUT2D eigenvalue weighted by Gasteiger charge is 1.97. The van der Waals surface area contributed by atoms with Crippen LogP contribution in [0.2, 0.25) is 0 Å². The molecule has 0 saturated carbocycles. The molecule has 3 nitrogen and oxygen atoms in total. The minimum Gasteiger partial charge on any atom is -0.492 e. The summed E-state index contributed by atoms with van der Waals surface area (Å²) in [6, 6.07) is 6.13. The molecule has 3 N–H and O–H groups in total. The molecule has 0 aliphatic rings. The fourth-order valence-electron chi connectivity index (χ4n) is 1.18. The largest absolute Gasteiger partial charge is 0.492 e. The molecule has 0 aliphatic carbocycles. The highest BCUT2D eigenvalue weighted by molar-refractivity contribution is 5.35. The van der Waals surface area contributed by atoms with Crippen LogP contribution in [0.4, 0.5) is 0 Å². The molecule has 0 unspecified atom stereocenters. The van der Waals surface area contributed by atoms with E-state index in [2.05, 4.69) is 18.4 Å². The van der Waals surface area contributed by atoms with Crippen molar-refractivity contribution in [2.24, 2.45) is 5.84 Å². The Balaban J connectivity index is 2.56. The summed E-state index contributed by atoms with van der Waals surface area (Å²) in [4.78, 5) is 0. The molecule has 13 heavy (non-hydrogen) atoms. The van der Waals surface area contributed by atoms with E-state index in [0.29, 0.717) is 13.2 Å². The maximum Gasteiger partial charge on any atom is 0.122 e. The molecule has 1 aromatic rings. The van der Waals surface area contributed by atoms with Crippen molar-refractivity contribution in [2.75, 3.05) is 13.2 Å². The summed E-state index contributed by atoms with van der Waals surface area (Å²) >= 11 is 0. The van der Waals surface area contributed by atoms with Crippen molar-refractivity contribution in [3.8, 4) is 5.75 Å². The molecule has 0 bridgehead atoms. The Morgan fingerprint density at radius 3 is 2.77 bits per heavy atom. The number of hydrazine groups is 1. The summed E-state index contributed by atoms with van der Waals surface area (Å²) in [6.07, 6.45) is 0. The summed E-state index contributed by atoms with van der Waals surface area (Å²) in [5.74, 6) is 6.06. The number of hydrogen-bond acceptors (Lipinski definition) is 3. The first kappa shape index (κ1) is 10.0. The predicted octanol–water partition coefficient (Wildman–Crippen LogP) is 1.15. The van der Waals surface area contributed by atoms with Crippen molar-refractivity contribution >= 4 is 0 Å². The SMILES string of the molecule is Cc1ccc(OCCNN)c(C)c1. The average Bonchev–Trinajstić information content (AvgIpc) is 2.09. The van der Waals surface area contributed by atoms with Crippen molar-refractivity contribution in [2.45, 2.75) is 13.8 Å². The molecule has 0 amide bonds. The fraction of sp³-hybridized carbons (Fsp3) is 0.400. The molecule has 72 valence electrons. The van der Waals surface area contributed by atoms with Crippen LogP contribution in [0, 0.1) is 13.8 Å². The number of nitrogens with two attached hydrogens (primary N) is 1. The van der Waals surface area contributed by atoms with Crippen LogP contribution in [0.15, 0.2) is 18.2 Å². The third-order valence-electron chi connectivity index (χ3n) is 1.83. The second-order valence-electron chi connectivity index (χ2n) is 3.07. The fourth-order valence-corrected chi connectivity index (χ4v) is 1.18. The smallest absolute Gasteiger partial charge is 0.122 e. The van der Waals surface area contributed by atoms with E-state index in [1.807, 2.05) is 19.1 Å². The Morgan fingerprint density at radius 1 is 1.38 bits per heavy atom. The molecular formula is C10H16N2O. The monoisotopic (exact) mass is 180 g/mol. The quantitative estimate of drug-likeness (QED) is 0.415. The van der Waals surface area contributed by atoms with Crippen LogP contribution in [0.3, 0.4) is 0 Å². The lowest BCUT2D eigenvalue weighted by atomic mass is 10.1. The number of nitrogens with one attached hydrogen (secondary N) is 1. The molecule has 0 aromatic heterocycles. The summed E-state index contributed by atoms with van der Waals surface area (Å²) < 4.78 is 5.49. The van der Waals surface area contributed by atoms with Gasteiger partial charge in [0.05, 0.1) is 0 Å². The molecule has 0 spiro atoms. The lowest BCUT2D eigenvalue weighted by Gasteiger charge is -2.08. The number of ether oxygens (including phenoxy) is 1. The number of rotatable bonds is 4. The third-order valence-corrected chi connectivity index (χ3v) is 1.83.